The van der Waals surface area contributed by atoms with Gasteiger partial charge in [-0.15, -0.1) is 11.8 Å². The van der Waals surface area contributed by atoms with Crippen molar-refractivity contribution in [2.24, 2.45) is 0 Å². The third-order valence-corrected chi connectivity index (χ3v) is 6.76. The number of hydrogen-bond donors (Lipinski definition) is 0. The molecule has 2 aromatic carbocycles. The van der Waals surface area contributed by atoms with E-state index in [0.717, 1.165) is 57.8 Å². The van der Waals surface area contributed by atoms with E-state index < -0.39 is 0 Å². The number of rotatable bonds is 6. The Morgan fingerprint density at radius 1 is 1.10 bits per heavy atom. The van der Waals surface area contributed by atoms with Gasteiger partial charge in [0.2, 0.25) is 0 Å². The second-order valence-corrected chi connectivity index (χ2v) is 8.59. The van der Waals surface area contributed by atoms with E-state index in [4.69, 9.17) is 9.26 Å². The van der Waals surface area contributed by atoms with Gasteiger partial charge in [0.1, 0.15) is 11.5 Å². The third-order valence-electron chi connectivity index (χ3n) is 5.66. The first kappa shape index (κ1) is 21.3. The van der Waals surface area contributed by atoms with Crippen LogP contribution in [0.2, 0.25) is 0 Å². The highest BCUT2D eigenvalue weighted by molar-refractivity contribution is 7.98. The van der Waals surface area contributed by atoms with Crippen molar-refractivity contribution in [3.63, 3.8) is 0 Å². The van der Waals surface area contributed by atoms with Crippen LogP contribution in [-0.2, 0) is 5.75 Å². The number of amides is 1. The van der Waals surface area contributed by atoms with Crippen LogP contribution in [0.5, 0.6) is 5.75 Å². The molecule has 0 radical (unpaired) electrons. The summed E-state index contributed by atoms with van der Waals surface area (Å²) < 4.78 is 10.6. The Kier molecular flexibility index (Phi) is 6.51. The smallest absolute Gasteiger partial charge is 0.255 e. The van der Waals surface area contributed by atoms with Crippen molar-refractivity contribution in [3.8, 4) is 5.75 Å². The number of hydrogen-bond acceptors (Lipinski definition) is 6. The van der Waals surface area contributed by atoms with Crippen LogP contribution in [0.15, 0.2) is 57.9 Å². The van der Waals surface area contributed by atoms with Crippen molar-refractivity contribution in [2.75, 3.05) is 38.2 Å². The topological polar surface area (TPSA) is 58.8 Å². The molecule has 31 heavy (non-hydrogen) atoms. The maximum atomic E-state index is 13.3. The van der Waals surface area contributed by atoms with E-state index in [0.29, 0.717) is 13.1 Å². The van der Waals surface area contributed by atoms with Crippen molar-refractivity contribution in [3.05, 3.63) is 71.1 Å². The van der Waals surface area contributed by atoms with Gasteiger partial charge in [-0.3, -0.25) is 4.79 Å². The molecule has 3 aromatic rings. The highest BCUT2D eigenvalue weighted by Gasteiger charge is 2.24. The molecule has 1 aromatic heterocycles. The minimum absolute atomic E-state index is 0.0900. The fraction of sp³-hybridized carbons (Fsp3) is 0.333. The number of methoxy groups -OCH3 is 1. The highest BCUT2D eigenvalue weighted by Crippen LogP contribution is 2.30. The number of thioether (sulfide) groups is 1. The molecule has 2 heterocycles. The van der Waals surface area contributed by atoms with E-state index in [1.54, 1.807) is 18.9 Å². The average Bonchev–Trinajstić information content (AvgIpc) is 3.14. The first-order chi connectivity index (χ1) is 15.1. The van der Waals surface area contributed by atoms with Gasteiger partial charge >= 0.3 is 0 Å². The lowest BCUT2D eigenvalue weighted by Crippen LogP contribution is -2.48. The number of aromatic nitrogens is 1. The molecule has 7 heteroatoms. The van der Waals surface area contributed by atoms with Crippen LogP contribution in [0.4, 0.5) is 5.69 Å². The van der Waals surface area contributed by atoms with Crippen molar-refractivity contribution >= 4 is 23.4 Å². The Morgan fingerprint density at radius 2 is 1.87 bits per heavy atom. The second-order valence-electron chi connectivity index (χ2n) is 7.57. The Bertz CT molecular complexity index is 1040. The van der Waals surface area contributed by atoms with Gasteiger partial charge in [-0.25, -0.2) is 0 Å². The standard InChI is InChI=1S/C24H27N3O3S/c1-17-22(18(2)30-25-17)16-31-23-10-5-4-9-21(23)24(28)27-13-11-26(12-14-27)19-7-6-8-20(15-19)29-3/h4-10,15H,11-14,16H2,1-3H3. The van der Waals surface area contributed by atoms with Crippen LogP contribution in [0.3, 0.4) is 0 Å². The maximum absolute atomic E-state index is 13.3. The Balaban J connectivity index is 1.42. The highest BCUT2D eigenvalue weighted by atomic mass is 32.2. The Morgan fingerprint density at radius 3 is 2.58 bits per heavy atom. The van der Waals surface area contributed by atoms with Gasteiger partial charge < -0.3 is 19.1 Å². The van der Waals surface area contributed by atoms with Crippen LogP contribution in [-0.4, -0.2) is 49.3 Å². The minimum Gasteiger partial charge on any atom is -0.497 e. The quantitative estimate of drug-likeness (QED) is 0.527. The lowest BCUT2D eigenvalue weighted by molar-refractivity contribution is 0.0743. The Labute approximate surface area is 187 Å². The summed E-state index contributed by atoms with van der Waals surface area (Å²) in [5.74, 6) is 2.50. The molecular formula is C24H27N3O3S. The SMILES string of the molecule is COc1cccc(N2CCN(C(=O)c3ccccc3SCc3c(C)noc3C)CC2)c1. The van der Waals surface area contributed by atoms with E-state index in [-0.39, 0.29) is 5.91 Å². The lowest BCUT2D eigenvalue weighted by atomic mass is 10.1. The molecule has 0 bridgehead atoms. The van der Waals surface area contributed by atoms with E-state index in [9.17, 15) is 4.79 Å². The molecule has 1 amide bonds. The molecule has 1 fully saturated rings. The normalized spacial score (nSPS) is 14.0. The largest absolute Gasteiger partial charge is 0.497 e. The fourth-order valence-electron chi connectivity index (χ4n) is 3.77. The van der Waals surface area contributed by atoms with Crippen LogP contribution in [0.1, 0.15) is 27.4 Å². The van der Waals surface area contributed by atoms with Gasteiger partial charge in [0.15, 0.2) is 0 Å². The third kappa shape index (κ3) is 4.71. The number of carbonyl (C=O) groups excluding carboxylic acids is 1. The van der Waals surface area contributed by atoms with Crippen molar-refractivity contribution in [2.45, 2.75) is 24.5 Å². The van der Waals surface area contributed by atoms with Crippen LogP contribution >= 0.6 is 11.8 Å². The summed E-state index contributed by atoms with van der Waals surface area (Å²) in [6.45, 7) is 6.86. The zero-order valence-electron chi connectivity index (χ0n) is 18.1. The van der Waals surface area contributed by atoms with Gasteiger partial charge in [-0.1, -0.05) is 23.4 Å². The molecule has 0 atom stereocenters. The van der Waals surface area contributed by atoms with Gasteiger partial charge in [-0.2, -0.15) is 0 Å². The van der Waals surface area contributed by atoms with E-state index >= 15 is 0 Å². The summed E-state index contributed by atoms with van der Waals surface area (Å²) in [5.41, 5.74) is 3.89. The van der Waals surface area contributed by atoms with Gasteiger partial charge in [-0.05, 0) is 38.1 Å². The molecule has 4 rings (SSSR count). The first-order valence-corrected chi connectivity index (χ1v) is 11.4. The summed E-state index contributed by atoms with van der Waals surface area (Å²) >= 11 is 1.66. The van der Waals surface area contributed by atoms with Gasteiger partial charge in [0.25, 0.3) is 5.91 Å². The number of nitrogens with zero attached hydrogens (tertiary/aromatic N) is 3. The predicted octanol–water partition coefficient (Wildman–Crippen LogP) is 4.55. The molecule has 1 aliphatic rings. The number of ether oxygens (including phenoxy) is 1. The maximum Gasteiger partial charge on any atom is 0.255 e. The van der Waals surface area contributed by atoms with E-state index in [2.05, 4.69) is 16.1 Å². The average molecular weight is 438 g/mol. The van der Waals surface area contributed by atoms with Crippen molar-refractivity contribution in [1.29, 1.82) is 0 Å². The lowest BCUT2D eigenvalue weighted by Gasteiger charge is -2.36. The van der Waals surface area contributed by atoms with Crippen LogP contribution < -0.4 is 9.64 Å². The molecular weight excluding hydrogens is 410 g/mol. The summed E-state index contributed by atoms with van der Waals surface area (Å²) in [6, 6.07) is 15.9. The first-order valence-electron chi connectivity index (χ1n) is 10.4. The summed E-state index contributed by atoms with van der Waals surface area (Å²) in [7, 11) is 1.68. The number of aryl methyl sites for hydroxylation is 2. The molecule has 0 N–H and O–H groups in total. The molecule has 0 spiro atoms. The number of carbonyl (C=O) groups is 1. The molecule has 1 saturated heterocycles. The van der Waals surface area contributed by atoms with Crippen molar-refractivity contribution < 1.29 is 14.1 Å². The number of piperazine rings is 1. The van der Waals surface area contributed by atoms with Crippen molar-refractivity contribution in [1.82, 2.24) is 10.1 Å². The molecule has 0 aliphatic carbocycles. The summed E-state index contributed by atoms with van der Waals surface area (Å²) in [5, 5.41) is 4.03. The van der Waals surface area contributed by atoms with Crippen LogP contribution in [0.25, 0.3) is 0 Å². The van der Waals surface area contributed by atoms with Gasteiger partial charge in [0.05, 0.1) is 18.4 Å². The molecule has 162 valence electrons. The molecule has 1 aliphatic heterocycles. The predicted molar refractivity (Wildman–Crippen MR) is 123 cm³/mol. The monoisotopic (exact) mass is 437 g/mol. The van der Waals surface area contributed by atoms with Crippen LogP contribution in [0, 0.1) is 13.8 Å². The second kappa shape index (κ2) is 9.47. The zero-order chi connectivity index (χ0) is 21.8. The summed E-state index contributed by atoms with van der Waals surface area (Å²) in [6.07, 6.45) is 0. The molecule has 6 nitrogen and oxygen atoms in total. The number of benzene rings is 2. The molecule has 0 unspecified atom stereocenters. The molecule has 0 saturated carbocycles. The van der Waals surface area contributed by atoms with E-state index in [1.807, 2.05) is 61.2 Å². The summed E-state index contributed by atoms with van der Waals surface area (Å²) in [4.78, 5) is 18.5. The zero-order valence-corrected chi connectivity index (χ0v) is 18.9. The fourth-order valence-corrected chi connectivity index (χ4v) is 4.97. The minimum atomic E-state index is 0.0900. The van der Waals surface area contributed by atoms with Gasteiger partial charge in [0, 0.05) is 54.1 Å². The number of anilines is 1. The van der Waals surface area contributed by atoms with E-state index in [1.165, 1.54) is 0 Å². The Hall–Kier alpha value is -2.93.